The van der Waals surface area contributed by atoms with Crippen LogP contribution in [0.4, 0.5) is 5.69 Å². The summed E-state index contributed by atoms with van der Waals surface area (Å²) in [5, 5.41) is 9.46. The molecule has 1 aromatic carbocycles. The van der Waals surface area contributed by atoms with Crippen LogP contribution >= 0.6 is 11.6 Å². The van der Waals surface area contributed by atoms with Crippen molar-refractivity contribution in [2.24, 2.45) is 4.99 Å². The number of nitrogens with one attached hydrogen (secondary N) is 3. The summed E-state index contributed by atoms with van der Waals surface area (Å²) in [6, 6.07) is 5.52. The van der Waals surface area contributed by atoms with Gasteiger partial charge in [0.25, 0.3) is 0 Å². The summed E-state index contributed by atoms with van der Waals surface area (Å²) in [6.45, 7) is 3.67. The maximum atomic E-state index is 11.9. The van der Waals surface area contributed by atoms with E-state index in [1.54, 1.807) is 20.2 Å². The van der Waals surface area contributed by atoms with Crippen LogP contribution in [0.2, 0.25) is 5.02 Å². The number of methoxy groups -OCH3 is 1. The second kappa shape index (κ2) is 10.0. The predicted octanol–water partition coefficient (Wildman–Crippen LogP) is 1.79. The van der Waals surface area contributed by atoms with Gasteiger partial charge in [-0.2, -0.15) is 0 Å². The summed E-state index contributed by atoms with van der Waals surface area (Å²) < 4.78 is 4.94. The summed E-state index contributed by atoms with van der Waals surface area (Å²) >= 11 is 6.08. The summed E-state index contributed by atoms with van der Waals surface area (Å²) in [4.78, 5) is 15.9. The number of guanidine groups is 1. The van der Waals surface area contributed by atoms with Gasteiger partial charge in [-0.05, 0) is 24.6 Å². The molecule has 122 valence electrons. The third-order valence-corrected chi connectivity index (χ3v) is 3.18. The monoisotopic (exact) mass is 326 g/mol. The number of nitrogens with zero attached hydrogens (tertiary/aromatic N) is 1. The van der Waals surface area contributed by atoms with Gasteiger partial charge in [-0.15, -0.1) is 0 Å². The maximum Gasteiger partial charge on any atom is 0.226 e. The lowest BCUT2D eigenvalue weighted by atomic mass is 10.2. The smallest absolute Gasteiger partial charge is 0.226 e. The van der Waals surface area contributed by atoms with E-state index in [0.29, 0.717) is 42.8 Å². The number of amides is 1. The van der Waals surface area contributed by atoms with Gasteiger partial charge in [-0.25, -0.2) is 0 Å². The first-order valence-corrected chi connectivity index (χ1v) is 7.44. The Morgan fingerprint density at radius 2 is 2.05 bits per heavy atom. The van der Waals surface area contributed by atoms with Crippen molar-refractivity contribution in [1.82, 2.24) is 10.6 Å². The van der Waals surface area contributed by atoms with Gasteiger partial charge in [0.15, 0.2) is 5.96 Å². The Kier molecular flexibility index (Phi) is 8.32. The van der Waals surface area contributed by atoms with Gasteiger partial charge in [-0.3, -0.25) is 9.79 Å². The molecule has 0 aromatic heterocycles. The van der Waals surface area contributed by atoms with Gasteiger partial charge in [0, 0.05) is 33.7 Å². The Labute approximate surface area is 136 Å². The quantitative estimate of drug-likeness (QED) is 0.406. The molecule has 3 N–H and O–H groups in total. The van der Waals surface area contributed by atoms with Crippen molar-refractivity contribution in [3.8, 4) is 0 Å². The van der Waals surface area contributed by atoms with Crippen LogP contribution in [0.5, 0.6) is 0 Å². The minimum Gasteiger partial charge on any atom is -0.383 e. The van der Waals surface area contributed by atoms with Crippen molar-refractivity contribution in [3.63, 3.8) is 0 Å². The summed E-state index contributed by atoms with van der Waals surface area (Å²) in [7, 11) is 3.31. The molecule has 0 unspecified atom stereocenters. The van der Waals surface area contributed by atoms with E-state index >= 15 is 0 Å². The molecular weight excluding hydrogens is 304 g/mol. The Hall–Kier alpha value is -1.79. The lowest BCUT2D eigenvalue weighted by molar-refractivity contribution is -0.116. The number of anilines is 1. The van der Waals surface area contributed by atoms with Crippen molar-refractivity contribution in [1.29, 1.82) is 0 Å². The molecular formula is C15H23ClN4O2. The Balaban J connectivity index is 2.33. The third kappa shape index (κ3) is 6.78. The normalized spacial score (nSPS) is 11.2. The van der Waals surface area contributed by atoms with Crippen LogP contribution in [-0.4, -0.2) is 45.7 Å². The molecule has 0 saturated carbocycles. The van der Waals surface area contributed by atoms with Crippen LogP contribution in [0.3, 0.4) is 0 Å². The standard InChI is InChI=1S/C15H23ClN4O2/c1-11-4-5-13(12(16)10-11)20-14(21)6-7-18-15(17-2)19-8-9-22-3/h4-5,10H,6-9H2,1-3H3,(H,20,21)(H2,17,18,19). The molecule has 0 bridgehead atoms. The van der Waals surface area contributed by atoms with E-state index in [1.165, 1.54) is 0 Å². The average molecular weight is 327 g/mol. The number of halogens is 1. The number of aryl methyl sites for hydroxylation is 1. The lowest BCUT2D eigenvalue weighted by Crippen LogP contribution is -2.40. The molecule has 6 nitrogen and oxygen atoms in total. The molecule has 0 fully saturated rings. The zero-order valence-corrected chi connectivity index (χ0v) is 14.0. The number of hydrogen-bond acceptors (Lipinski definition) is 3. The van der Waals surface area contributed by atoms with Gasteiger partial charge in [-0.1, -0.05) is 17.7 Å². The number of hydrogen-bond donors (Lipinski definition) is 3. The van der Waals surface area contributed by atoms with E-state index < -0.39 is 0 Å². The molecule has 0 radical (unpaired) electrons. The Morgan fingerprint density at radius 1 is 1.32 bits per heavy atom. The molecule has 0 atom stereocenters. The number of carbonyl (C=O) groups is 1. The second-order valence-corrected chi connectivity index (χ2v) is 5.11. The van der Waals surface area contributed by atoms with Crippen molar-refractivity contribution in [2.45, 2.75) is 13.3 Å². The van der Waals surface area contributed by atoms with Crippen LogP contribution in [0.15, 0.2) is 23.2 Å². The minimum absolute atomic E-state index is 0.106. The Bertz CT molecular complexity index is 520. The molecule has 0 spiro atoms. The van der Waals surface area contributed by atoms with E-state index in [9.17, 15) is 4.79 Å². The van der Waals surface area contributed by atoms with Crippen molar-refractivity contribution < 1.29 is 9.53 Å². The molecule has 1 aromatic rings. The van der Waals surface area contributed by atoms with Crippen molar-refractivity contribution in [3.05, 3.63) is 28.8 Å². The molecule has 0 heterocycles. The second-order valence-electron chi connectivity index (χ2n) is 4.70. The molecule has 0 aliphatic carbocycles. The molecule has 7 heteroatoms. The highest BCUT2D eigenvalue weighted by molar-refractivity contribution is 6.33. The summed E-state index contributed by atoms with van der Waals surface area (Å²) in [6.07, 6.45) is 0.315. The van der Waals surface area contributed by atoms with Crippen LogP contribution in [0.25, 0.3) is 0 Å². The van der Waals surface area contributed by atoms with Crippen molar-refractivity contribution in [2.75, 3.05) is 39.2 Å². The topological polar surface area (TPSA) is 74.8 Å². The van der Waals surface area contributed by atoms with E-state index in [-0.39, 0.29) is 5.91 Å². The first kappa shape index (κ1) is 18.3. The lowest BCUT2D eigenvalue weighted by Gasteiger charge is -2.12. The third-order valence-electron chi connectivity index (χ3n) is 2.87. The fourth-order valence-electron chi connectivity index (χ4n) is 1.72. The SMILES string of the molecule is CN=C(NCCOC)NCCC(=O)Nc1ccc(C)cc1Cl. The highest BCUT2D eigenvalue weighted by Crippen LogP contribution is 2.22. The number of carbonyl (C=O) groups excluding carboxylic acids is 1. The average Bonchev–Trinajstić information content (AvgIpc) is 2.48. The van der Waals surface area contributed by atoms with Crippen LogP contribution in [-0.2, 0) is 9.53 Å². The number of ether oxygens (including phenoxy) is 1. The molecule has 0 saturated heterocycles. The van der Waals surface area contributed by atoms with Crippen molar-refractivity contribution >= 4 is 29.2 Å². The van der Waals surface area contributed by atoms with Crippen LogP contribution in [0.1, 0.15) is 12.0 Å². The minimum atomic E-state index is -0.106. The molecule has 1 amide bonds. The highest BCUT2D eigenvalue weighted by atomic mass is 35.5. The molecule has 1 rings (SSSR count). The van der Waals surface area contributed by atoms with E-state index in [4.69, 9.17) is 16.3 Å². The largest absolute Gasteiger partial charge is 0.383 e. The maximum absolute atomic E-state index is 11.9. The number of rotatable bonds is 7. The summed E-state index contributed by atoms with van der Waals surface area (Å²) in [5.74, 6) is 0.531. The first-order valence-electron chi connectivity index (χ1n) is 7.06. The van der Waals surface area contributed by atoms with Crippen LogP contribution < -0.4 is 16.0 Å². The Morgan fingerprint density at radius 3 is 2.68 bits per heavy atom. The zero-order chi connectivity index (χ0) is 16.4. The van der Waals surface area contributed by atoms with Gasteiger partial charge in [0.1, 0.15) is 0 Å². The van der Waals surface area contributed by atoms with E-state index in [1.807, 2.05) is 19.1 Å². The van der Waals surface area contributed by atoms with Gasteiger partial charge in [0.05, 0.1) is 17.3 Å². The fourth-order valence-corrected chi connectivity index (χ4v) is 2.00. The number of aliphatic imine (C=N–C) groups is 1. The fraction of sp³-hybridized carbons (Fsp3) is 0.467. The van der Waals surface area contributed by atoms with Gasteiger partial charge >= 0.3 is 0 Å². The van der Waals surface area contributed by atoms with E-state index in [2.05, 4.69) is 20.9 Å². The van der Waals surface area contributed by atoms with Gasteiger partial charge in [0.2, 0.25) is 5.91 Å². The van der Waals surface area contributed by atoms with Crippen LogP contribution in [0, 0.1) is 6.92 Å². The highest BCUT2D eigenvalue weighted by Gasteiger charge is 2.06. The molecule has 22 heavy (non-hydrogen) atoms. The first-order chi connectivity index (χ1) is 10.6. The zero-order valence-electron chi connectivity index (χ0n) is 13.2. The van der Waals surface area contributed by atoms with E-state index in [0.717, 1.165) is 5.56 Å². The molecule has 0 aliphatic heterocycles. The predicted molar refractivity (Wildman–Crippen MR) is 90.7 cm³/mol. The number of benzene rings is 1. The van der Waals surface area contributed by atoms with Gasteiger partial charge < -0.3 is 20.7 Å². The molecule has 0 aliphatic rings. The summed E-state index contributed by atoms with van der Waals surface area (Å²) in [5.41, 5.74) is 1.68.